The number of benzene rings is 1. The molecule has 1 saturated heterocycles. The molecule has 0 spiro atoms. The number of ether oxygens (including phenoxy) is 2. The molecular formula is C17H20FN3O2. The maximum absolute atomic E-state index is 12.9. The van der Waals surface area contributed by atoms with Gasteiger partial charge >= 0.3 is 0 Å². The van der Waals surface area contributed by atoms with Gasteiger partial charge in [0.15, 0.2) is 0 Å². The highest BCUT2D eigenvalue weighted by molar-refractivity contribution is 5.40. The number of hydrogen-bond acceptors (Lipinski definition) is 5. The van der Waals surface area contributed by atoms with E-state index in [0.717, 1.165) is 37.5 Å². The van der Waals surface area contributed by atoms with Gasteiger partial charge in [-0.05, 0) is 24.1 Å². The van der Waals surface area contributed by atoms with Crippen LogP contribution in [0.2, 0.25) is 0 Å². The molecule has 1 aliphatic heterocycles. The lowest BCUT2D eigenvalue weighted by molar-refractivity contribution is 0.152. The van der Waals surface area contributed by atoms with Gasteiger partial charge in [-0.25, -0.2) is 14.4 Å². The van der Waals surface area contributed by atoms with Crippen LogP contribution in [0.25, 0.3) is 0 Å². The Morgan fingerprint density at radius 3 is 2.87 bits per heavy atom. The van der Waals surface area contributed by atoms with Gasteiger partial charge in [-0.2, -0.15) is 0 Å². The van der Waals surface area contributed by atoms with Crippen LogP contribution in [0.5, 0.6) is 5.88 Å². The zero-order valence-electron chi connectivity index (χ0n) is 12.9. The molecule has 0 atom stereocenters. The molecule has 3 rings (SSSR count). The summed E-state index contributed by atoms with van der Waals surface area (Å²) in [5.74, 6) is 1.20. The standard InChI is InChI=1S/C17H20FN3O2/c18-15-4-2-14(3-5-15)6-10-23-17-12-16(19-13-20-17)21-7-1-9-22-11-8-21/h2-5,12-13H,1,6-11H2. The summed E-state index contributed by atoms with van der Waals surface area (Å²) in [7, 11) is 0. The normalized spacial score (nSPS) is 15.3. The van der Waals surface area contributed by atoms with Gasteiger partial charge < -0.3 is 14.4 Å². The van der Waals surface area contributed by atoms with Crippen molar-refractivity contribution in [3.8, 4) is 5.88 Å². The van der Waals surface area contributed by atoms with Crippen molar-refractivity contribution in [1.82, 2.24) is 9.97 Å². The zero-order chi connectivity index (χ0) is 15.9. The highest BCUT2D eigenvalue weighted by atomic mass is 19.1. The fourth-order valence-corrected chi connectivity index (χ4v) is 2.48. The highest BCUT2D eigenvalue weighted by Gasteiger charge is 2.12. The molecule has 2 heterocycles. The Hall–Kier alpha value is -2.21. The molecule has 0 saturated carbocycles. The molecular weight excluding hydrogens is 297 g/mol. The van der Waals surface area contributed by atoms with Crippen molar-refractivity contribution in [3.05, 3.63) is 48.0 Å². The average Bonchev–Trinajstić information content (AvgIpc) is 2.86. The SMILES string of the molecule is Fc1ccc(CCOc2cc(N3CCCOCC3)ncn2)cc1. The van der Waals surface area contributed by atoms with Gasteiger partial charge in [0.25, 0.3) is 0 Å². The Bertz CT molecular complexity index is 613. The minimum atomic E-state index is -0.225. The van der Waals surface area contributed by atoms with Crippen LogP contribution in [-0.2, 0) is 11.2 Å². The van der Waals surface area contributed by atoms with E-state index in [1.54, 1.807) is 12.1 Å². The van der Waals surface area contributed by atoms with Crippen molar-refractivity contribution in [3.63, 3.8) is 0 Å². The first kappa shape index (κ1) is 15.7. The van der Waals surface area contributed by atoms with Crippen LogP contribution in [0, 0.1) is 5.82 Å². The van der Waals surface area contributed by atoms with Gasteiger partial charge in [0.2, 0.25) is 5.88 Å². The fraction of sp³-hybridized carbons (Fsp3) is 0.412. The lowest BCUT2D eigenvalue weighted by Crippen LogP contribution is -2.26. The third-order valence-corrected chi connectivity index (χ3v) is 3.73. The maximum Gasteiger partial charge on any atom is 0.218 e. The first-order valence-corrected chi connectivity index (χ1v) is 7.83. The quantitative estimate of drug-likeness (QED) is 0.848. The summed E-state index contributed by atoms with van der Waals surface area (Å²) in [6, 6.07) is 8.30. The van der Waals surface area contributed by atoms with Crippen LogP contribution in [-0.4, -0.2) is 42.9 Å². The molecule has 23 heavy (non-hydrogen) atoms. The van der Waals surface area contributed by atoms with Crippen LogP contribution in [0.4, 0.5) is 10.2 Å². The van der Waals surface area contributed by atoms with Crippen molar-refractivity contribution < 1.29 is 13.9 Å². The molecule has 1 fully saturated rings. The number of anilines is 1. The number of aromatic nitrogens is 2. The van der Waals surface area contributed by atoms with Crippen LogP contribution in [0.1, 0.15) is 12.0 Å². The second-order valence-electron chi connectivity index (χ2n) is 5.39. The lowest BCUT2D eigenvalue weighted by atomic mass is 10.2. The Morgan fingerprint density at radius 1 is 1.13 bits per heavy atom. The lowest BCUT2D eigenvalue weighted by Gasteiger charge is -2.20. The molecule has 0 amide bonds. The predicted octanol–water partition coefficient (Wildman–Crippen LogP) is 2.46. The molecule has 1 aliphatic rings. The van der Waals surface area contributed by atoms with Gasteiger partial charge in [-0.1, -0.05) is 12.1 Å². The number of halogens is 1. The van der Waals surface area contributed by atoms with E-state index in [1.807, 2.05) is 6.07 Å². The number of rotatable bonds is 5. The van der Waals surface area contributed by atoms with E-state index in [1.165, 1.54) is 18.5 Å². The topological polar surface area (TPSA) is 47.5 Å². The van der Waals surface area contributed by atoms with E-state index in [-0.39, 0.29) is 5.82 Å². The van der Waals surface area contributed by atoms with Crippen LogP contribution >= 0.6 is 0 Å². The Kier molecular flexibility index (Phi) is 5.37. The van der Waals surface area contributed by atoms with Gasteiger partial charge in [-0.15, -0.1) is 0 Å². The molecule has 122 valence electrons. The Balaban J connectivity index is 1.55. The van der Waals surface area contributed by atoms with Crippen LogP contribution in [0.3, 0.4) is 0 Å². The molecule has 2 aromatic rings. The molecule has 0 N–H and O–H groups in total. The smallest absolute Gasteiger partial charge is 0.218 e. The van der Waals surface area contributed by atoms with Crippen molar-refractivity contribution in [2.24, 2.45) is 0 Å². The van der Waals surface area contributed by atoms with Crippen molar-refractivity contribution in [1.29, 1.82) is 0 Å². The van der Waals surface area contributed by atoms with E-state index >= 15 is 0 Å². The van der Waals surface area contributed by atoms with Crippen molar-refractivity contribution >= 4 is 5.82 Å². The van der Waals surface area contributed by atoms with Gasteiger partial charge in [0.05, 0.1) is 13.2 Å². The molecule has 0 radical (unpaired) electrons. The molecule has 1 aromatic carbocycles. The summed E-state index contributed by atoms with van der Waals surface area (Å²) in [5, 5.41) is 0. The van der Waals surface area contributed by atoms with Gasteiger partial charge in [0.1, 0.15) is 18.0 Å². The largest absolute Gasteiger partial charge is 0.477 e. The molecule has 0 aliphatic carbocycles. The molecule has 0 unspecified atom stereocenters. The summed E-state index contributed by atoms with van der Waals surface area (Å²) >= 11 is 0. The molecule has 0 bridgehead atoms. The van der Waals surface area contributed by atoms with Crippen LogP contribution in [0.15, 0.2) is 36.7 Å². The van der Waals surface area contributed by atoms with E-state index in [2.05, 4.69) is 14.9 Å². The van der Waals surface area contributed by atoms with E-state index in [4.69, 9.17) is 9.47 Å². The van der Waals surface area contributed by atoms with E-state index in [0.29, 0.717) is 25.5 Å². The summed E-state index contributed by atoms with van der Waals surface area (Å²) in [6.07, 6.45) is 3.22. The summed E-state index contributed by atoms with van der Waals surface area (Å²) < 4.78 is 24.0. The second-order valence-corrected chi connectivity index (χ2v) is 5.39. The molecule has 5 nitrogen and oxygen atoms in total. The number of hydrogen-bond donors (Lipinski definition) is 0. The zero-order valence-corrected chi connectivity index (χ0v) is 12.9. The fourth-order valence-electron chi connectivity index (χ4n) is 2.48. The second kappa shape index (κ2) is 7.87. The third kappa shape index (κ3) is 4.63. The summed E-state index contributed by atoms with van der Waals surface area (Å²) in [4.78, 5) is 10.7. The minimum Gasteiger partial charge on any atom is -0.477 e. The monoisotopic (exact) mass is 317 g/mol. The van der Waals surface area contributed by atoms with Crippen molar-refractivity contribution in [2.45, 2.75) is 12.8 Å². The molecule has 6 heteroatoms. The first-order valence-electron chi connectivity index (χ1n) is 7.83. The average molecular weight is 317 g/mol. The Morgan fingerprint density at radius 2 is 2.00 bits per heavy atom. The summed E-state index contributed by atoms with van der Waals surface area (Å²) in [5.41, 5.74) is 1.03. The van der Waals surface area contributed by atoms with Gasteiger partial charge in [-0.3, -0.25) is 0 Å². The number of nitrogens with zero attached hydrogens (tertiary/aromatic N) is 3. The van der Waals surface area contributed by atoms with E-state index < -0.39 is 0 Å². The Labute approximate surface area is 135 Å². The predicted molar refractivity (Wildman–Crippen MR) is 85.3 cm³/mol. The van der Waals surface area contributed by atoms with Gasteiger partial charge in [0, 0.05) is 32.2 Å². The summed E-state index contributed by atoms with van der Waals surface area (Å²) in [6.45, 7) is 3.75. The van der Waals surface area contributed by atoms with E-state index in [9.17, 15) is 4.39 Å². The van der Waals surface area contributed by atoms with Crippen LogP contribution < -0.4 is 9.64 Å². The highest BCUT2D eigenvalue weighted by Crippen LogP contribution is 2.17. The van der Waals surface area contributed by atoms with Crippen molar-refractivity contribution in [2.75, 3.05) is 37.8 Å². The minimum absolute atomic E-state index is 0.225. The first-order chi connectivity index (χ1) is 11.3. The third-order valence-electron chi connectivity index (χ3n) is 3.73. The molecule has 1 aromatic heterocycles. The maximum atomic E-state index is 12.9.